The molecule has 0 bridgehead atoms. The first-order valence-corrected chi connectivity index (χ1v) is 6.32. The Labute approximate surface area is 106 Å². The zero-order valence-corrected chi connectivity index (χ0v) is 10.8. The van der Waals surface area contributed by atoms with Gasteiger partial charge in [-0.2, -0.15) is 5.26 Å². The fraction of sp³-hybridized carbons (Fsp3) is 0.182. The molecule has 5 heteroatoms. The van der Waals surface area contributed by atoms with E-state index in [9.17, 15) is 0 Å². The molecule has 0 amide bonds. The van der Waals surface area contributed by atoms with E-state index in [4.69, 9.17) is 9.68 Å². The molecular weight excluding hydrogens is 288 g/mol. The summed E-state index contributed by atoms with van der Waals surface area (Å²) in [5.41, 5.74) is 0. The molecule has 82 valence electrons. The summed E-state index contributed by atoms with van der Waals surface area (Å²) >= 11 is 5.12. The van der Waals surface area contributed by atoms with Crippen molar-refractivity contribution in [2.45, 2.75) is 13.1 Å². The van der Waals surface area contributed by atoms with Crippen molar-refractivity contribution in [2.75, 3.05) is 0 Å². The van der Waals surface area contributed by atoms with Gasteiger partial charge in [-0.25, -0.2) is 0 Å². The summed E-state index contributed by atoms with van der Waals surface area (Å²) in [4.78, 5) is 1.26. The van der Waals surface area contributed by atoms with Gasteiger partial charge in [-0.05, 0) is 40.2 Å². The number of nitriles is 1. The third kappa shape index (κ3) is 2.95. The van der Waals surface area contributed by atoms with Crippen molar-refractivity contribution in [2.24, 2.45) is 0 Å². The quantitative estimate of drug-likeness (QED) is 0.942. The van der Waals surface area contributed by atoms with E-state index in [0.29, 0.717) is 12.3 Å². The summed E-state index contributed by atoms with van der Waals surface area (Å²) in [7, 11) is 0. The summed E-state index contributed by atoms with van der Waals surface area (Å²) in [6.45, 7) is 1.44. The molecule has 0 unspecified atom stereocenters. The lowest BCUT2D eigenvalue weighted by molar-refractivity contribution is 0.474. The molecule has 0 aliphatic rings. The van der Waals surface area contributed by atoms with Crippen molar-refractivity contribution in [1.29, 1.82) is 5.26 Å². The molecule has 0 aliphatic carbocycles. The third-order valence-electron chi connectivity index (χ3n) is 2.00. The van der Waals surface area contributed by atoms with Gasteiger partial charge in [0.25, 0.3) is 0 Å². The van der Waals surface area contributed by atoms with Crippen LogP contribution in [0.4, 0.5) is 0 Å². The molecule has 2 aromatic rings. The number of thiophene rings is 1. The van der Waals surface area contributed by atoms with Crippen LogP contribution in [0.15, 0.2) is 32.5 Å². The fourth-order valence-electron chi connectivity index (χ4n) is 1.29. The second-order valence-electron chi connectivity index (χ2n) is 3.19. The molecule has 0 spiro atoms. The first kappa shape index (κ1) is 11.4. The fourth-order valence-corrected chi connectivity index (χ4v) is 2.74. The van der Waals surface area contributed by atoms with E-state index in [2.05, 4.69) is 27.3 Å². The summed E-state index contributed by atoms with van der Waals surface area (Å²) in [6, 6.07) is 9.56. The molecule has 2 rings (SSSR count). The van der Waals surface area contributed by atoms with Crippen LogP contribution >= 0.6 is 27.3 Å². The lowest BCUT2D eigenvalue weighted by Crippen LogP contribution is -2.10. The summed E-state index contributed by atoms with van der Waals surface area (Å²) in [6.07, 6.45) is 0. The van der Waals surface area contributed by atoms with Crippen LogP contribution in [0.1, 0.15) is 16.4 Å². The Morgan fingerprint density at radius 2 is 2.19 bits per heavy atom. The van der Waals surface area contributed by atoms with E-state index in [0.717, 1.165) is 16.1 Å². The molecule has 0 atom stereocenters. The maximum absolute atomic E-state index is 8.59. The molecule has 3 nitrogen and oxygen atoms in total. The number of hydrogen-bond donors (Lipinski definition) is 1. The first-order valence-electron chi connectivity index (χ1n) is 4.71. The minimum Gasteiger partial charge on any atom is -0.449 e. The highest BCUT2D eigenvalue weighted by Gasteiger charge is 2.01. The highest BCUT2D eigenvalue weighted by Crippen LogP contribution is 2.21. The SMILES string of the molecule is N#Cc1ccc(CNCc2ccc(Br)s2)o1. The van der Waals surface area contributed by atoms with Gasteiger partial charge in [-0.1, -0.05) is 0 Å². The molecule has 0 radical (unpaired) electrons. The lowest BCUT2D eigenvalue weighted by Gasteiger charge is -1.99. The van der Waals surface area contributed by atoms with Gasteiger partial charge < -0.3 is 9.73 Å². The van der Waals surface area contributed by atoms with E-state index < -0.39 is 0 Å². The van der Waals surface area contributed by atoms with Gasteiger partial charge in [0.05, 0.1) is 10.3 Å². The molecular formula is C11H9BrN2OS. The maximum Gasteiger partial charge on any atom is 0.203 e. The Kier molecular flexibility index (Phi) is 3.78. The monoisotopic (exact) mass is 296 g/mol. The minimum atomic E-state index is 0.357. The average molecular weight is 297 g/mol. The van der Waals surface area contributed by atoms with E-state index in [1.54, 1.807) is 17.4 Å². The minimum absolute atomic E-state index is 0.357. The number of halogens is 1. The average Bonchev–Trinajstić information content (AvgIpc) is 2.88. The van der Waals surface area contributed by atoms with Crippen molar-refractivity contribution in [3.63, 3.8) is 0 Å². The van der Waals surface area contributed by atoms with Gasteiger partial charge in [0.15, 0.2) is 0 Å². The Bertz CT molecular complexity index is 512. The predicted molar refractivity (Wildman–Crippen MR) is 66.0 cm³/mol. The zero-order chi connectivity index (χ0) is 11.4. The van der Waals surface area contributed by atoms with Crippen molar-refractivity contribution in [3.05, 3.63) is 44.4 Å². The van der Waals surface area contributed by atoms with Crippen LogP contribution in [0, 0.1) is 11.3 Å². The molecule has 0 aliphatic heterocycles. The first-order chi connectivity index (χ1) is 7.78. The van der Waals surface area contributed by atoms with Gasteiger partial charge in [0.1, 0.15) is 11.8 Å². The highest BCUT2D eigenvalue weighted by atomic mass is 79.9. The van der Waals surface area contributed by atoms with Crippen LogP contribution in [-0.4, -0.2) is 0 Å². The van der Waals surface area contributed by atoms with Crippen molar-refractivity contribution >= 4 is 27.3 Å². The van der Waals surface area contributed by atoms with Crippen LogP contribution < -0.4 is 5.32 Å². The van der Waals surface area contributed by atoms with Crippen LogP contribution in [0.2, 0.25) is 0 Å². The number of hydrogen-bond acceptors (Lipinski definition) is 4. The number of nitrogens with one attached hydrogen (secondary N) is 1. The Hall–Kier alpha value is -1.09. The molecule has 1 N–H and O–H groups in total. The van der Waals surface area contributed by atoms with Crippen LogP contribution in [0.5, 0.6) is 0 Å². The summed E-state index contributed by atoms with van der Waals surface area (Å²) < 4.78 is 6.38. The van der Waals surface area contributed by atoms with Gasteiger partial charge in [0.2, 0.25) is 5.76 Å². The molecule has 0 saturated carbocycles. The Morgan fingerprint density at radius 3 is 2.81 bits per heavy atom. The Balaban J connectivity index is 1.82. The van der Waals surface area contributed by atoms with Crippen molar-refractivity contribution < 1.29 is 4.42 Å². The van der Waals surface area contributed by atoms with E-state index in [1.165, 1.54) is 4.88 Å². The standard InChI is InChI=1S/C11H9BrN2OS/c12-11-4-3-10(16-11)7-14-6-9-2-1-8(5-13)15-9/h1-4,14H,6-7H2. The molecule has 16 heavy (non-hydrogen) atoms. The lowest BCUT2D eigenvalue weighted by atomic mass is 10.4. The topological polar surface area (TPSA) is 49.0 Å². The van der Waals surface area contributed by atoms with Crippen molar-refractivity contribution in [1.82, 2.24) is 5.32 Å². The molecule has 0 fully saturated rings. The largest absolute Gasteiger partial charge is 0.449 e. The van der Waals surface area contributed by atoms with Crippen LogP contribution in [-0.2, 0) is 13.1 Å². The summed E-state index contributed by atoms with van der Waals surface area (Å²) in [5, 5.41) is 11.8. The van der Waals surface area contributed by atoms with Gasteiger partial charge in [0, 0.05) is 11.4 Å². The van der Waals surface area contributed by atoms with Crippen LogP contribution in [0.3, 0.4) is 0 Å². The van der Waals surface area contributed by atoms with Gasteiger partial charge in [-0.15, -0.1) is 11.3 Å². The number of nitrogens with zero attached hydrogens (tertiary/aromatic N) is 1. The van der Waals surface area contributed by atoms with E-state index in [-0.39, 0.29) is 0 Å². The normalized spacial score (nSPS) is 10.2. The van der Waals surface area contributed by atoms with E-state index in [1.807, 2.05) is 18.2 Å². The predicted octanol–water partition coefficient (Wildman–Crippen LogP) is 3.27. The number of rotatable bonds is 4. The third-order valence-corrected chi connectivity index (χ3v) is 3.62. The number of furan rings is 1. The van der Waals surface area contributed by atoms with Crippen molar-refractivity contribution in [3.8, 4) is 6.07 Å². The Morgan fingerprint density at radius 1 is 1.31 bits per heavy atom. The van der Waals surface area contributed by atoms with Gasteiger partial charge >= 0.3 is 0 Å². The van der Waals surface area contributed by atoms with E-state index >= 15 is 0 Å². The highest BCUT2D eigenvalue weighted by molar-refractivity contribution is 9.11. The summed E-state index contributed by atoms with van der Waals surface area (Å²) in [5.74, 6) is 1.14. The smallest absolute Gasteiger partial charge is 0.203 e. The molecule has 2 heterocycles. The maximum atomic E-state index is 8.59. The second kappa shape index (κ2) is 5.30. The molecule has 0 saturated heterocycles. The van der Waals surface area contributed by atoms with Gasteiger partial charge in [-0.3, -0.25) is 0 Å². The zero-order valence-electron chi connectivity index (χ0n) is 8.37. The van der Waals surface area contributed by atoms with Crippen LogP contribution in [0.25, 0.3) is 0 Å². The molecule has 0 aromatic carbocycles. The second-order valence-corrected chi connectivity index (χ2v) is 5.73. The molecule has 2 aromatic heterocycles.